The Balaban J connectivity index is 2.12. The van der Waals surface area contributed by atoms with Crippen LogP contribution in [0.2, 0.25) is 0 Å². The van der Waals surface area contributed by atoms with E-state index in [2.05, 4.69) is 13.7 Å². The summed E-state index contributed by atoms with van der Waals surface area (Å²) in [5.41, 5.74) is 0. The number of hydrogen-bond donors (Lipinski definition) is 0. The third-order valence-corrected chi connectivity index (χ3v) is 0.333. The van der Waals surface area contributed by atoms with Crippen molar-refractivity contribution in [2.24, 2.45) is 0 Å². The van der Waals surface area contributed by atoms with E-state index < -0.39 is 7.65 Å². The van der Waals surface area contributed by atoms with E-state index >= 15 is 0 Å². The van der Waals surface area contributed by atoms with Gasteiger partial charge in [0.05, 0.1) is 0 Å². The molecule has 28 valence electrons. The lowest BCUT2D eigenvalue weighted by molar-refractivity contribution is 0.347. The Morgan fingerprint density at radius 3 is 2.50 bits per heavy atom. The highest BCUT2D eigenvalue weighted by atomic mass is 16.7. The summed E-state index contributed by atoms with van der Waals surface area (Å²) in [6.45, 7) is 0. The lowest BCUT2D eigenvalue weighted by atomic mass is 10.1. The average Bonchev–Trinajstić information content (AvgIpc) is 1.69. The highest BCUT2D eigenvalue weighted by Crippen LogP contribution is 1.78. The lowest BCUT2D eigenvalue weighted by Crippen LogP contribution is -2.23. The molecule has 1 saturated heterocycles. The van der Waals surface area contributed by atoms with Crippen molar-refractivity contribution in [3.8, 4) is 0 Å². The zero-order valence-electron chi connectivity index (χ0n) is 3.96. The molecule has 0 atom stereocenters. The van der Waals surface area contributed by atoms with Gasteiger partial charge in [0.1, 0.15) is 0 Å². The van der Waals surface area contributed by atoms with Gasteiger partial charge in [-0.2, -0.15) is 0 Å². The molecule has 1 rings (SSSR count). The normalized spacial score (nSPS) is 24.0. The molecular weight excluding hydrogens is 80.4 g/mol. The largest absolute Gasteiger partial charge is 0.458 e. The third-order valence-electron chi connectivity index (χ3n) is 0.333. The Bertz CT molecular complexity index is 52.1. The van der Waals surface area contributed by atoms with Gasteiger partial charge in [0.2, 0.25) is 0 Å². The van der Waals surface area contributed by atoms with Crippen molar-refractivity contribution in [1.29, 1.82) is 1.34 Å². The Morgan fingerprint density at radius 1 is 1.50 bits per heavy atom. The minimum atomic E-state index is -0.950. The van der Waals surface area contributed by atoms with E-state index in [1.165, 1.54) is 0 Å². The van der Waals surface area contributed by atoms with E-state index in [9.17, 15) is 0 Å². The summed E-state index contributed by atoms with van der Waals surface area (Å²) in [7, 11) is 1.14. The summed E-state index contributed by atoms with van der Waals surface area (Å²) in [6.07, 6.45) is 0. The van der Waals surface area contributed by atoms with Crippen molar-refractivity contribution in [3.05, 3.63) is 0 Å². The second-order valence-electron chi connectivity index (χ2n) is 0.697. The molecule has 0 bridgehead atoms. The first-order valence-corrected chi connectivity index (χ1v) is 1.41. The summed E-state index contributed by atoms with van der Waals surface area (Å²) in [5, 5.41) is 0. The fourth-order valence-corrected chi connectivity index (χ4v) is 0.164. The topological polar surface area (TPSA) is 27.7 Å². The molecule has 1 aliphatic heterocycles. The highest BCUT2D eigenvalue weighted by Gasteiger charge is 2.04. The molecule has 0 aromatic carbocycles. The van der Waals surface area contributed by atoms with E-state index in [4.69, 9.17) is 1.34 Å². The first-order chi connectivity index (χ1) is 3.39. The minimum absolute atomic E-state index is 0.950. The van der Waals surface area contributed by atoms with Crippen LogP contribution in [0.4, 0.5) is 0 Å². The van der Waals surface area contributed by atoms with E-state index in [1.54, 1.807) is 0 Å². The van der Waals surface area contributed by atoms with E-state index in [-0.39, 0.29) is 0 Å². The Hall–Kier alpha value is 0.0748. The highest BCUT2D eigenvalue weighted by molar-refractivity contribution is 6.50. The Kier molecular flexibility index (Phi) is 1.19. The molecule has 0 aromatic rings. The average molecular weight is 82.4 g/mol. The smallest absolute Gasteiger partial charge is 0.457 e. The van der Waals surface area contributed by atoms with Gasteiger partial charge in [0.25, 0.3) is 0 Å². The predicted molar refractivity (Wildman–Crippen MR) is 21.9 cm³/mol. The Morgan fingerprint density at radius 2 is 2.17 bits per heavy atom. The molecule has 0 saturated carbocycles. The van der Waals surface area contributed by atoms with Crippen LogP contribution in [0.3, 0.4) is 0 Å². The van der Waals surface area contributed by atoms with Crippen LogP contribution in [-0.4, -0.2) is 24.4 Å². The maximum atomic E-state index is 6.68. The van der Waals surface area contributed by atoms with Gasteiger partial charge < -0.3 is 13.7 Å². The van der Waals surface area contributed by atoms with Gasteiger partial charge in [-0.1, -0.05) is 0 Å². The van der Waals surface area contributed by atoms with Gasteiger partial charge in [-0.15, -0.1) is 0 Å². The van der Waals surface area contributed by atoms with Crippen molar-refractivity contribution in [1.82, 2.24) is 0 Å². The van der Waals surface area contributed by atoms with Crippen LogP contribution < -0.4 is 0 Å². The molecule has 0 unspecified atom stereocenters. The molecule has 1 aliphatic rings. The molecule has 3 nitrogen and oxygen atoms in total. The van der Waals surface area contributed by atoms with Crippen LogP contribution in [0.25, 0.3) is 0 Å². The predicted octanol–water partition coefficient (Wildman–Crippen LogP) is -1.62. The maximum Gasteiger partial charge on any atom is 0.457 e. The second kappa shape index (κ2) is 2.28. The SMILES string of the molecule is [2H]B1O[B]O[B]O1. The van der Waals surface area contributed by atoms with Crippen LogP contribution >= 0.6 is 0 Å². The minimum Gasteiger partial charge on any atom is -0.458 e. The van der Waals surface area contributed by atoms with Crippen LogP contribution in [0, 0.1) is 0 Å². The van der Waals surface area contributed by atoms with Crippen LogP contribution in [-0.2, 0) is 13.7 Å². The lowest BCUT2D eigenvalue weighted by Gasteiger charge is -2.06. The monoisotopic (exact) mass is 83.0 g/mol. The third kappa shape index (κ3) is 1.04. The van der Waals surface area contributed by atoms with Crippen molar-refractivity contribution in [2.45, 2.75) is 0 Å². The first kappa shape index (κ1) is 3.13. The van der Waals surface area contributed by atoms with Gasteiger partial charge in [0, 0.05) is 1.34 Å². The van der Waals surface area contributed by atoms with Gasteiger partial charge in [-0.3, -0.25) is 0 Å². The summed E-state index contributed by atoms with van der Waals surface area (Å²) in [6, 6.07) is 0. The van der Waals surface area contributed by atoms with Crippen molar-refractivity contribution in [2.75, 3.05) is 0 Å². The fourth-order valence-electron chi connectivity index (χ4n) is 0.164. The molecule has 0 N–H and O–H groups in total. The Labute approximate surface area is 39.2 Å². The standard InChI is InChI=1S/B3HO3/c1-4-2-6-3-5-1/h1H/i1D. The number of rotatable bonds is 0. The summed E-state index contributed by atoms with van der Waals surface area (Å²) in [4.78, 5) is 0. The molecule has 1 fully saturated rings. The van der Waals surface area contributed by atoms with Crippen molar-refractivity contribution in [3.63, 3.8) is 0 Å². The van der Waals surface area contributed by atoms with Crippen molar-refractivity contribution < 1.29 is 13.7 Å². The molecule has 2 radical (unpaired) electrons. The summed E-state index contributed by atoms with van der Waals surface area (Å²) < 4.78 is 19.7. The molecule has 0 aromatic heterocycles. The first-order valence-electron chi connectivity index (χ1n) is 1.99. The second-order valence-corrected chi connectivity index (χ2v) is 0.697. The van der Waals surface area contributed by atoms with Gasteiger partial charge in [-0.25, -0.2) is 0 Å². The fraction of sp³-hybridized carbons (Fsp3) is 0. The zero-order valence-corrected chi connectivity index (χ0v) is 2.96. The van der Waals surface area contributed by atoms with Crippen LogP contribution in [0.15, 0.2) is 0 Å². The van der Waals surface area contributed by atoms with Crippen LogP contribution in [0.5, 0.6) is 0 Å². The molecule has 0 amide bonds. The van der Waals surface area contributed by atoms with Crippen LogP contribution in [0.1, 0.15) is 0 Å². The van der Waals surface area contributed by atoms with E-state index in [1.807, 2.05) is 0 Å². The quantitative estimate of drug-likeness (QED) is 0.329. The molecule has 6 heteroatoms. The summed E-state index contributed by atoms with van der Waals surface area (Å²) >= 11 is 0. The molecule has 6 heavy (non-hydrogen) atoms. The molecule has 0 aliphatic carbocycles. The summed E-state index contributed by atoms with van der Waals surface area (Å²) in [5.74, 6) is 0. The van der Waals surface area contributed by atoms with Gasteiger partial charge >= 0.3 is 23.0 Å². The van der Waals surface area contributed by atoms with E-state index in [0.717, 1.165) is 15.4 Å². The van der Waals surface area contributed by atoms with Gasteiger partial charge in [0.15, 0.2) is 0 Å². The maximum absolute atomic E-state index is 6.68. The number of hydrogen-bond acceptors (Lipinski definition) is 3. The molecule has 1 heterocycles. The van der Waals surface area contributed by atoms with Gasteiger partial charge in [-0.05, 0) is 0 Å². The zero-order chi connectivity index (χ0) is 5.11. The molecular formula is HB3O3. The molecule has 0 spiro atoms. The van der Waals surface area contributed by atoms with E-state index in [0.29, 0.717) is 0 Å². The van der Waals surface area contributed by atoms with Crippen molar-refractivity contribution >= 4 is 23.0 Å².